The molecule has 0 amide bonds. The maximum Gasteiger partial charge on any atom is 0.335 e. The van der Waals surface area contributed by atoms with Crippen LogP contribution in [0.3, 0.4) is 0 Å². The zero-order chi connectivity index (χ0) is 26.7. The van der Waals surface area contributed by atoms with E-state index in [9.17, 15) is 32.8 Å². The maximum absolute atomic E-state index is 11.7. The second kappa shape index (κ2) is 10.0. The van der Waals surface area contributed by atoms with Gasteiger partial charge in [-0.05, 0) is 61.5 Å². The zero-order valence-electron chi connectivity index (χ0n) is 19.1. The minimum absolute atomic E-state index is 0.0110. The number of nitrogens with zero attached hydrogens (tertiary/aromatic N) is 4. The molecule has 0 heterocycles. The molecule has 0 aliphatic rings. The van der Waals surface area contributed by atoms with Crippen molar-refractivity contribution in [3.8, 4) is 0 Å². The van der Waals surface area contributed by atoms with Crippen LogP contribution in [0, 0.1) is 6.92 Å². The molecule has 11 nitrogen and oxygen atoms in total. The predicted molar refractivity (Wildman–Crippen MR) is 134 cm³/mol. The van der Waals surface area contributed by atoms with Gasteiger partial charge in [0.05, 0.1) is 38.8 Å². The number of rotatable bonds is 7. The van der Waals surface area contributed by atoms with E-state index in [1.165, 1.54) is 36.4 Å². The molecule has 0 spiro atoms. The van der Waals surface area contributed by atoms with E-state index in [4.69, 9.17) is 0 Å². The topological polar surface area (TPSA) is 178 Å². The largest absolute Gasteiger partial charge is 0.478 e. The first-order chi connectivity index (χ1) is 17.5. The molecular weight excluding hydrogens is 500 g/mol. The van der Waals surface area contributed by atoms with Crippen LogP contribution in [0.4, 0.5) is 22.7 Å². The Bertz CT molecular complexity index is 1680. The molecule has 0 radical (unpaired) electrons. The summed E-state index contributed by atoms with van der Waals surface area (Å²) >= 11 is 0. The quantitative estimate of drug-likeness (QED) is 0.181. The van der Waals surface area contributed by atoms with Crippen molar-refractivity contribution in [1.82, 2.24) is 0 Å². The van der Waals surface area contributed by atoms with Crippen LogP contribution in [0.2, 0.25) is 0 Å². The van der Waals surface area contributed by atoms with Gasteiger partial charge in [-0.15, -0.1) is 10.2 Å². The highest BCUT2D eigenvalue weighted by Crippen LogP contribution is 2.37. The number of aromatic carboxylic acids is 2. The molecule has 0 bridgehead atoms. The molecule has 4 rings (SSSR count). The number of fused-ring (bicyclic) bond motifs is 1. The van der Waals surface area contributed by atoms with Gasteiger partial charge in [-0.1, -0.05) is 23.8 Å². The van der Waals surface area contributed by atoms with Crippen LogP contribution < -0.4 is 0 Å². The number of carboxylic acid groups (broad SMARTS) is 2. The van der Waals surface area contributed by atoms with E-state index in [0.717, 1.165) is 11.6 Å². The Morgan fingerprint density at radius 3 is 1.73 bits per heavy atom. The van der Waals surface area contributed by atoms with E-state index in [1.807, 2.05) is 19.1 Å². The van der Waals surface area contributed by atoms with Gasteiger partial charge >= 0.3 is 11.9 Å². The number of hydrogen-bond donors (Lipinski definition) is 3. The fourth-order valence-electron chi connectivity index (χ4n) is 3.38. The van der Waals surface area contributed by atoms with Crippen LogP contribution in [0.5, 0.6) is 0 Å². The molecule has 0 atom stereocenters. The molecule has 0 fully saturated rings. The van der Waals surface area contributed by atoms with Crippen LogP contribution in [0.15, 0.2) is 98.1 Å². The van der Waals surface area contributed by atoms with Gasteiger partial charge in [0.1, 0.15) is 0 Å². The maximum atomic E-state index is 11.7. The summed E-state index contributed by atoms with van der Waals surface area (Å²) in [4.78, 5) is 22.3. The molecule has 0 unspecified atom stereocenters. The summed E-state index contributed by atoms with van der Waals surface area (Å²) in [6.45, 7) is 1.93. The van der Waals surface area contributed by atoms with Gasteiger partial charge in [0, 0.05) is 10.8 Å². The SMILES string of the molecule is Cc1ccc(N=Nc2ccc(N=Nc3cc(C(=O)O)cc(C(=O)O)c3)c3ccc(S(=O)(=O)O)cc23)cc1. The highest BCUT2D eigenvalue weighted by Gasteiger charge is 2.15. The van der Waals surface area contributed by atoms with E-state index >= 15 is 0 Å². The van der Waals surface area contributed by atoms with Gasteiger partial charge in [0.2, 0.25) is 0 Å². The van der Waals surface area contributed by atoms with Crippen molar-refractivity contribution < 1.29 is 32.8 Å². The Balaban J connectivity index is 1.82. The average molecular weight is 519 g/mol. The molecule has 0 aliphatic heterocycles. The normalized spacial score (nSPS) is 11.9. The lowest BCUT2D eigenvalue weighted by atomic mass is 10.1. The van der Waals surface area contributed by atoms with Gasteiger partial charge in [-0.3, -0.25) is 4.55 Å². The fraction of sp³-hybridized carbons (Fsp3) is 0.0400. The van der Waals surface area contributed by atoms with Gasteiger partial charge < -0.3 is 10.2 Å². The minimum Gasteiger partial charge on any atom is -0.478 e. The van der Waals surface area contributed by atoms with Gasteiger partial charge in [-0.25, -0.2) is 9.59 Å². The van der Waals surface area contributed by atoms with E-state index in [1.54, 1.807) is 18.2 Å². The number of carbonyl (C=O) groups is 2. The van der Waals surface area contributed by atoms with Crippen LogP contribution in [-0.2, 0) is 10.1 Å². The molecule has 0 saturated carbocycles. The molecule has 37 heavy (non-hydrogen) atoms. The summed E-state index contributed by atoms with van der Waals surface area (Å²) in [5, 5.41) is 35.7. The first kappa shape index (κ1) is 25.3. The van der Waals surface area contributed by atoms with Crippen LogP contribution in [0.1, 0.15) is 26.3 Å². The lowest BCUT2D eigenvalue weighted by Gasteiger charge is -2.07. The number of benzene rings is 4. The van der Waals surface area contributed by atoms with E-state index in [0.29, 0.717) is 22.1 Å². The summed E-state index contributed by atoms with van der Waals surface area (Å²) in [5.74, 6) is -2.66. The van der Waals surface area contributed by atoms with Crippen molar-refractivity contribution in [2.45, 2.75) is 11.8 Å². The van der Waals surface area contributed by atoms with Gasteiger partial charge in [-0.2, -0.15) is 18.6 Å². The van der Waals surface area contributed by atoms with Crippen molar-refractivity contribution >= 4 is 55.6 Å². The number of carboxylic acids is 2. The Hall–Kier alpha value is -4.81. The van der Waals surface area contributed by atoms with Gasteiger partial charge in [0.15, 0.2) is 0 Å². The summed E-state index contributed by atoms with van der Waals surface area (Å²) in [6.07, 6.45) is 0. The summed E-state index contributed by atoms with van der Waals surface area (Å²) in [5.41, 5.74) is 1.60. The van der Waals surface area contributed by atoms with Crippen LogP contribution in [-0.4, -0.2) is 35.1 Å². The molecule has 186 valence electrons. The van der Waals surface area contributed by atoms with Crippen molar-refractivity contribution in [3.63, 3.8) is 0 Å². The Kier molecular flexibility index (Phi) is 6.87. The highest BCUT2D eigenvalue weighted by molar-refractivity contribution is 7.85. The Morgan fingerprint density at radius 1 is 0.649 bits per heavy atom. The number of aryl methyl sites for hydroxylation is 1. The smallest absolute Gasteiger partial charge is 0.335 e. The zero-order valence-corrected chi connectivity index (χ0v) is 19.9. The summed E-state index contributed by atoms with van der Waals surface area (Å²) in [6, 6.07) is 17.5. The van der Waals surface area contributed by atoms with Crippen molar-refractivity contribution in [2.75, 3.05) is 0 Å². The van der Waals surface area contributed by atoms with Gasteiger partial charge in [0.25, 0.3) is 10.1 Å². The van der Waals surface area contributed by atoms with Crippen molar-refractivity contribution in [1.29, 1.82) is 0 Å². The summed E-state index contributed by atoms with van der Waals surface area (Å²) in [7, 11) is -4.51. The molecule has 4 aromatic carbocycles. The fourth-order valence-corrected chi connectivity index (χ4v) is 3.89. The van der Waals surface area contributed by atoms with Crippen molar-refractivity contribution in [3.05, 3.63) is 89.5 Å². The third kappa shape index (κ3) is 5.89. The van der Waals surface area contributed by atoms with E-state index in [-0.39, 0.29) is 27.4 Å². The Labute approximate surface area is 210 Å². The first-order valence-corrected chi connectivity index (χ1v) is 12.0. The predicted octanol–water partition coefficient (Wildman–Crippen LogP) is 6.62. The van der Waals surface area contributed by atoms with E-state index in [2.05, 4.69) is 20.5 Å². The second-order valence-corrected chi connectivity index (χ2v) is 9.32. The molecule has 3 N–H and O–H groups in total. The molecule has 0 aromatic heterocycles. The number of azo groups is 2. The molecule has 12 heteroatoms. The van der Waals surface area contributed by atoms with Crippen molar-refractivity contribution in [2.24, 2.45) is 20.5 Å². The molecule has 0 saturated heterocycles. The third-order valence-corrected chi connectivity index (χ3v) is 6.08. The van der Waals surface area contributed by atoms with Crippen LogP contribution in [0.25, 0.3) is 10.8 Å². The third-order valence-electron chi connectivity index (χ3n) is 5.23. The number of hydrogen-bond acceptors (Lipinski definition) is 8. The molecular formula is C25H18N4O7S. The molecule has 4 aromatic rings. The lowest BCUT2D eigenvalue weighted by Crippen LogP contribution is -2.01. The lowest BCUT2D eigenvalue weighted by molar-refractivity contribution is 0.0696. The molecule has 0 aliphatic carbocycles. The monoisotopic (exact) mass is 518 g/mol. The highest BCUT2D eigenvalue weighted by atomic mass is 32.2. The average Bonchev–Trinajstić information content (AvgIpc) is 2.86. The minimum atomic E-state index is -4.51. The van der Waals surface area contributed by atoms with E-state index < -0.39 is 22.1 Å². The first-order valence-electron chi connectivity index (χ1n) is 10.6. The standard InChI is InChI=1S/C25H18N4O7S/c1-14-2-4-17(5-3-14)26-29-23-9-8-22(20-7-6-19(13-21(20)23)37(34,35)36)28-27-18-11-15(24(30)31)10-16(12-18)25(32)33/h2-13H,1H3,(H,30,31)(H,32,33)(H,34,35,36). The second-order valence-electron chi connectivity index (χ2n) is 7.90. The Morgan fingerprint density at radius 2 is 1.19 bits per heavy atom. The van der Waals surface area contributed by atoms with Crippen LogP contribution >= 0.6 is 0 Å². The summed E-state index contributed by atoms with van der Waals surface area (Å²) < 4.78 is 33.0.